The Morgan fingerprint density at radius 2 is 2.05 bits per heavy atom. The SMILES string of the molecule is CCCNC(=O)CN[PH](=O)[C@@]1(NCCC)CCCN(N)C1=O. The molecule has 9 heteroatoms. The summed E-state index contributed by atoms with van der Waals surface area (Å²) in [7, 11) is -2.57. The van der Waals surface area contributed by atoms with E-state index in [2.05, 4.69) is 15.7 Å². The van der Waals surface area contributed by atoms with Crippen molar-refractivity contribution >= 4 is 19.8 Å². The van der Waals surface area contributed by atoms with Crippen LogP contribution in [0.4, 0.5) is 0 Å². The van der Waals surface area contributed by atoms with E-state index in [4.69, 9.17) is 5.84 Å². The third-order valence-corrected chi connectivity index (χ3v) is 5.54. The summed E-state index contributed by atoms with van der Waals surface area (Å²) in [4.78, 5) is 24.1. The van der Waals surface area contributed by atoms with Gasteiger partial charge >= 0.3 is 0 Å². The van der Waals surface area contributed by atoms with E-state index >= 15 is 0 Å². The number of rotatable bonds is 9. The summed E-state index contributed by atoms with van der Waals surface area (Å²) in [5.41, 5.74) is 0. The van der Waals surface area contributed by atoms with E-state index in [1.165, 1.54) is 0 Å². The largest absolute Gasteiger partial charge is 0.355 e. The fourth-order valence-electron chi connectivity index (χ4n) is 2.40. The maximum atomic E-state index is 12.7. The van der Waals surface area contributed by atoms with Crippen LogP contribution in [-0.4, -0.2) is 48.3 Å². The van der Waals surface area contributed by atoms with Gasteiger partial charge in [-0.15, -0.1) is 0 Å². The van der Waals surface area contributed by atoms with E-state index in [9.17, 15) is 14.2 Å². The van der Waals surface area contributed by atoms with Gasteiger partial charge in [-0.25, -0.2) is 5.84 Å². The van der Waals surface area contributed by atoms with Crippen LogP contribution in [0.1, 0.15) is 39.5 Å². The number of hydrogen-bond donors (Lipinski definition) is 4. The van der Waals surface area contributed by atoms with Crippen LogP contribution in [0, 0.1) is 0 Å². The van der Waals surface area contributed by atoms with Gasteiger partial charge in [-0.1, -0.05) is 13.8 Å². The third kappa shape index (κ3) is 4.78. The van der Waals surface area contributed by atoms with Gasteiger partial charge in [0.05, 0.1) is 6.54 Å². The fourth-order valence-corrected chi connectivity index (χ4v) is 4.05. The molecular formula is C13H28N5O3P. The molecule has 1 aliphatic rings. The molecule has 0 aromatic heterocycles. The molecule has 2 atom stereocenters. The lowest BCUT2D eigenvalue weighted by molar-refractivity contribution is -0.138. The van der Waals surface area contributed by atoms with E-state index in [1.54, 1.807) is 0 Å². The van der Waals surface area contributed by atoms with Gasteiger partial charge in [-0.2, -0.15) is 0 Å². The van der Waals surface area contributed by atoms with Crippen molar-refractivity contribution in [1.82, 2.24) is 20.7 Å². The number of amides is 2. The number of hydrazine groups is 1. The first kappa shape index (κ1) is 19.1. The summed E-state index contributed by atoms with van der Waals surface area (Å²) in [5, 5.41) is 8.47. The number of nitrogens with zero attached hydrogens (tertiary/aromatic N) is 1. The molecule has 128 valence electrons. The minimum atomic E-state index is -2.57. The quantitative estimate of drug-likeness (QED) is 0.263. The summed E-state index contributed by atoms with van der Waals surface area (Å²) in [6.07, 6.45) is 2.79. The summed E-state index contributed by atoms with van der Waals surface area (Å²) < 4.78 is 12.7. The van der Waals surface area contributed by atoms with E-state index in [0.717, 1.165) is 17.9 Å². The van der Waals surface area contributed by atoms with Gasteiger partial charge in [0.2, 0.25) is 5.91 Å². The van der Waals surface area contributed by atoms with Gasteiger partial charge in [-0.3, -0.25) is 25.0 Å². The molecule has 1 rings (SSSR count). The Labute approximate surface area is 132 Å². The highest BCUT2D eigenvalue weighted by atomic mass is 31.1. The zero-order chi connectivity index (χ0) is 16.6. The number of carbonyl (C=O) groups excluding carboxylic acids is 2. The molecule has 0 aromatic rings. The zero-order valence-electron chi connectivity index (χ0n) is 13.4. The van der Waals surface area contributed by atoms with Crippen LogP contribution in [0.2, 0.25) is 0 Å². The van der Waals surface area contributed by atoms with E-state index in [0.29, 0.717) is 32.5 Å². The second-order valence-corrected chi connectivity index (χ2v) is 7.33. The van der Waals surface area contributed by atoms with Crippen LogP contribution in [-0.2, 0) is 14.2 Å². The summed E-state index contributed by atoms with van der Waals surface area (Å²) in [6.45, 7) is 5.47. The van der Waals surface area contributed by atoms with Crippen molar-refractivity contribution in [1.29, 1.82) is 0 Å². The Morgan fingerprint density at radius 1 is 1.36 bits per heavy atom. The van der Waals surface area contributed by atoms with Crippen LogP contribution >= 0.6 is 7.95 Å². The first-order chi connectivity index (χ1) is 10.5. The van der Waals surface area contributed by atoms with E-state index < -0.39 is 13.2 Å². The molecule has 22 heavy (non-hydrogen) atoms. The Morgan fingerprint density at radius 3 is 2.68 bits per heavy atom. The average molecular weight is 333 g/mol. The van der Waals surface area contributed by atoms with Crippen molar-refractivity contribution in [2.24, 2.45) is 5.84 Å². The van der Waals surface area contributed by atoms with Crippen LogP contribution < -0.4 is 21.6 Å². The van der Waals surface area contributed by atoms with Crippen molar-refractivity contribution in [3.05, 3.63) is 0 Å². The fraction of sp³-hybridized carbons (Fsp3) is 0.846. The molecule has 0 aliphatic carbocycles. The van der Waals surface area contributed by atoms with Crippen molar-refractivity contribution in [2.45, 2.75) is 44.8 Å². The number of piperidine rings is 1. The molecule has 1 unspecified atom stereocenters. The van der Waals surface area contributed by atoms with Gasteiger partial charge in [-0.05, 0) is 32.2 Å². The summed E-state index contributed by atoms with van der Waals surface area (Å²) in [5.74, 6) is 5.11. The molecule has 0 radical (unpaired) electrons. The normalized spacial score (nSPS) is 23.4. The lowest BCUT2D eigenvalue weighted by Gasteiger charge is -2.39. The minimum Gasteiger partial charge on any atom is -0.355 e. The molecule has 0 spiro atoms. The highest BCUT2D eigenvalue weighted by Crippen LogP contribution is 2.40. The highest BCUT2D eigenvalue weighted by Gasteiger charge is 2.47. The van der Waals surface area contributed by atoms with E-state index in [-0.39, 0.29) is 18.4 Å². The zero-order valence-corrected chi connectivity index (χ0v) is 14.4. The highest BCUT2D eigenvalue weighted by molar-refractivity contribution is 7.45. The molecule has 8 nitrogen and oxygen atoms in total. The van der Waals surface area contributed by atoms with Crippen LogP contribution in [0.25, 0.3) is 0 Å². The van der Waals surface area contributed by atoms with Crippen molar-refractivity contribution in [3.63, 3.8) is 0 Å². The molecule has 2 amide bonds. The van der Waals surface area contributed by atoms with Gasteiger partial charge in [0.1, 0.15) is 0 Å². The second kappa shape index (κ2) is 9.25. The third-order valence-electron chi connectivity index (χ3n) is 3.62. The Hall–Kier alpha value is -0.950. The predicted octanol–water partition coefficient (Wildman–Crippen LogP) is -0.231. The molecular weight excluding hydrogens is 305 g/mol. The molecule has 5 N–H and O–H groups in total. The Balaban J connectivity index is 2.72. The van der Waals surface area contributed by atoms with Gasteiger partial charge in [0.25, 0.3) is 5.91 Å². The maximum absolute atomic E-state index is 12.7. The lowest BCUT2D eigenvalue weighted by atomic mass is 10.1. The van der Waals surface area contributed by atoms with Gasteiger partial charge < -0.3 is 9.88 Å². The molecule has 0 saturated carbocycles. The van der Waals surface area contributed by atoms with Gasteiger partial charge in [0.15, 0.2) is 13.2 Å². The summed E-state index contributed by atoms with van der Waals surface area (Å²) >= 11 is 0. The number of carbonyl (C=O) groups is 2. The Kier molecular flexibility index (Phi) is 8.03. The monoisotopic (exact) mass is 333 g/mol. The first-order valence-corrected chi connectivity index (χ1v) is 9.25. The number of nitrogens with two attached hydrogens (primary N) is 1. The molecule has 1 aliphatic heterocycles. The van der Waals surface area contributed by atoms with Crippen LogP contribution in [0.5, 0.6) is 0 Å². The molecule has 0 bridgehead atoms. The smallest absolute Gasteiger partial charge is 0.265 e. The average Bonchev–Trinajstić information content (AvgIpc) is 2.52. The second-order valence-electron chi connectivity index (χ2n) is 5.47. The van der Waals surface area contributed by atoms with Crippen molar-refractivity contribution in [3.8, 4) is 0 Å². The molecule has 1 fully saturated rings. The number of hydrogen-bond acceptors (Lipinski definition) is 5. The van der Waals surface area contributed by atoms with Gasteiger partial charge in [0, 0.05) is 13.1 Å². The number of nitrogens with one attached hydrogen (secondary N) is 3. The first-order valence-electron chi connectivity index (χ1n) is 7.84. The van der Waals surface area contributed by atoms with Crippen molar-refractivity contribution < 1.29 is 14.2 Å². The van der Waals surface area contributed by atoms with Crippen LogP contribution in [0.15, 0.2) is 0 Å². The standard InChI is InChI=1S/C13H28N5O3P/c1-3-7-15-11(19)10-17-22(21)13(16-8-4-2)6-5-9-18(14)12(13)20/h16,22H,3-10,14H2,1-2H3,(H,15,19)(H,17,21)/t13-/m0/s1. The van der Waals surface area contributed by atoms with E-state index in [1.807, 2.05) is 13.8 Å². The predicted molar refractivity (Wildman–Crippen MR) is 86.5 cm³/mol. The maximum Gasteiger partial charge on any atom is 0.265 e. The van der Waals surface area contributed by atoms with Crippen molar-refractivity contribution in [2.75, 3.05) is 26.2 Å². The molecule has 1 saturated heterocycles. The summed E-state index contributed by atoms with van der Waals surface area (Å²) in [6, 6.07) is 0. The minimum absolute atomic E-state index is 0.0643. The molecule has 0 aromatic carbocycles. The Bertz CT molecular complexity index is 420. The van der Waals surface area contributed by atoms with Crippen LogP contribution in [0.3, 0.4) is 0 Å². The molecule has 1 heterocycles. The topological polar surface area (TPSA) is 117 Å². The lowest BCUT2D eigenvalue weighted by Crippen LogP contribution is -2.62.